The van der Waals surface area contributed by atoms with Crippen molar-refractivity contribution < 1.29 is 18.3 Å². The molecule has 2 heterocycles. The molecule has 0 aliphatic carbocycles. The van der Waals surface area contributed by atoms with Gasteiger partial charge < -0.3 is 5.11 Å². The van der Waals surface area contributed by atoms with Gasteiger partial charge in [-0.2, -0.15) is 17.4 Å². The van der Waals surface area contributed by atoms with Crippen LogP contribution in [0.1, 0.15) is 37.1 Å². The van der Waals surface area contributed by atoms with Crippen LogP contribution in [0.4, 0.5) is 0 Å². The highest BCUT2D eigenvalue weighted by Gasteiger charge is 2.37. The van der Waals surface area contributed by atoms with Gasteiger partial charge in [-0.3, -0.25) is 4.79 Å². The molecule has 1 saturated heterocycles. The third-order valence-electron chi connectivity index (χ3n) is 3.39. The number of nitrogens with zero attached hydrogens (tertiary/aromatic N) is 1. The molecule has 1 aliphatic rings. The highest BCUT2D eigenvalue weighted by Crippen LogP contribution is 2.28. The van der Waals surface area contributed by atoms with Crippen LogP contribution >= 0.6 is 22.9 Å². The minimum absolute atomic E-state index is 0.226. The summed E-state index contributed by atoms with van der Waals surface area (Å²) in [7, 11) is -3.85. The van der Waals surface area contributed by atoms with Crippen molar-refractivity contribution in [3.8, 4) is 0 Å². The summed E-state index contributed by atoms with van der Waals surface area (Å²) >= 11 is 7.14. The van der Waals surface area contributed by atoms with Crippen LogP contribution in [0, 0.1) is 0 Å². The highest BCUT2D eigenvalue weighted by atomic mass is 35.5. The number of halogens is 1. The zero-order valence-electron chi connectivity index (χ0n) is 11.5. The minimum Gasteiger partial charge on any atom is -0.480 e. The van der Waals surface area contributed by atoms with Crippen LogP contribution in [0.3, 0.4) is 0 Å². The Balaban J connectivity index is 2.14. The maximum Gasteiger partial charge on any atom is 0.322 e. The normalized spacial score (nSPS) is 22.1. The summed E-state index contributed by atoms with van der Waals surface area (Å²) in [5, 5.41) is 9.18. The zero-order valence-corrected chi connectivity index (χ0v) is 13.8. The van der Waals surface area contributed by atoms with E-state index in [1.54, 1.807) is 19.1 Å². The second-order valence-electron chi connectivity index (χ2n) is 4.95. The van der Waals surface area contributed by atoms with E-state index >= 15 is 0 Å². The predicted octanol–water partition coefficient (Wildman–Crippen LogP) is 2.24. The van der Waals surface area contributed by atoms with E-state index in [-0.39, 0.29) is 6.54 Å². The quantitative estimate of drug-likeness (QED) is 0.850. The van der Waals surface area contributed by atoms with E-state index in [0.29, 0.717) is 17.2 Å². The first-order chi connectivity index (χ1) is 9.81. The maximum absolute atomic E-state index is 12.4. The van der Waals surface area contributed by atoms with Crippen LogP contribution in [0.5, 0.6) is 0 Å². The van der Waals surface area contributed by atoms with Crippen molar-refractivity contribution in [3.05, 3.63) is 21.3 Å². The Morgan fingerprint density at radius 2 is 2.24 bits per heavy atom. The molecule has 1 aromatic rings. The maximum atomic E-state index is 12.4. The third-order valence-corrected chi connectivity index (χ3v) is 6.51. The van der Waals surface area contributed by atoms with E-state index in [0.717, 1.165) is 15.6 Å². The van der Waals surface area contributed by atoms with Crippen LogP contribution in [-0.4, -0.2) is 36.4 Å². The molecule has 0 radical (unpaired) electrons. The molecule has 9 heteroatoms. The fourth-order valence-corrected chi connectivity index (χ4v) is 5.10. The minimum atomic E-state index is -3.85. The van der Waals surface area contributed by atoms with Crippen LogP contribution in [-0.2, 0) is 15.0 Å². The van der Waals surface area contributed by atoms with Crippen molar-refractivity contribution >= 4 is 39.1 Å². The van der Waals surface area contributed by atoms with Crippen molar-refractivity contribution in [3.63, 3.8) is 0 Å². The molecule has 1 fully saturated rings. The molecule has 2 rings (SSSR count). The number of nitrogens with one attached hydrogen (secondary N) is 1. The van der Waals surface area contributed by atoms with E-state index in [2.05, 4.69) is 4.72 Å². The molecule has 118 valence electrons. The molecule has 0 bridgehead atoms. The molecular weight excluding hydrogens is 336 g/mol. The molecule has 6 nitrogen and oxygen atoms in total. The molecule has 1 aliphatic heterocycles. The van der Waals surface area contributed by atoms with Crippen molar-refractivity contribution in [2.24, 2.45) is 0 Å². The topological polar surface area (TPSA) is 86.7 Å². The van der Waals surface area contributed by atoms with Gasteiger partial charge in [-0.25, -0.2) is 0 Å². The lowest BCUT2D eigenvalue weighted by molar-refractivity contribution is -0.142. The number of thiophene rings is 1. The molecule has 21 heavy (non-hydrogen) atoms. The number of aliphatic carboxylic acids is 1. The average Bonchev–Trinajstić information content (AvgIpc) is 2.85. The Morgan fingerprint density at radius 1 is 1.52 bits per heavy atom. The Bertz CT molecular complexity index is 617. The van der Waals surface area contributed by atoms with Crippen LogP contribution in [0.25, 0.3) is 0 Å². The molecular formula is C12H17ClN2O4S2. The standard InChI is InChI=1S/C12H17ClN2O4S2/c1-8(10-5-6-11(13)20-10)14-21(18,19)15-7-3-2-4-9(15)12(16)17/h5-6,8-9,14H,2-4,7H2,1H3,(H,16,17). The van der Waals surface area contributed by atoms with E-state index in [1.165, 1.54) is 11.3 Å². The molecule has 1 aromatic heterocycles. The monoisotopic (exact) mass is 352 g/mol. The summed E-state index contributed by atoms with van der Waals surface area (Å²) < 4.78 is 29.0. The number of hydrogen-bond donors (Lipinski definition) is 2. The van der Waals surface area contributed by atoms with Crippen molar-refractivity contribution in [2.75, 3.05) is 6.54 Å². The lowest BCUT2D eigenvalue weighted by atomic mass is 10.1. The Morgan fingerprint density at radius 3 is 2.81 bits per heavy atom. The van der Waals surface area contributed by atoms with Gasteiger partial charge in [0.15, 0.2) is 0 Å². The molecule has 0 aromatic carbocycles. The second kappa shape index (κ2) is 6.62. The van der Waals surface area contributed by atoms with Crippen molar-refractivity contribution in [1.29, 1.82) is 0 Å². The predicted molar refractivity (Wildman–Crippen MR) is 81.8 cm³/mol. The number of rotatable bonds is 5. The van der Waals surface area contributed by atoms with E-state index in [4.69, 9.17) is 11.6 Å². The summed E-state index contributed by atoms with van der Waals surface area (Å²) in [5.74, 6) is -1.10. The SMILES string of the molecule is CC(NS(=O)(=O)N1CCCCC1C(=O)O)c1ccc(Cl)s1. The van der Waals surface area contributed by atoms with Crippen molar-refractivity contribution in [1.82, 2.24) is 9.03 Å². The van der Waals surface area contributed by atoms with E-state index < -0.39 is 28.3 Å². The summed E-state index contributed by atoms with van der Waals surface area (Å²) in [6.07, 6.45) is 1.73. The number of piperidine rings is 1. The number of carbonyl (C=O) groups is 1. The number of hydrogen-bond acceptors (Lipinski definition) is 4. The summed E-state index contributed by atoms with van der Waals surface area (Å²) in [6, 6.07) is 2.01. The third kappa shape index (κ3) is 3.95. The Labute approximate surface area is 132 Å². The Hall–Kier alpha value is -0.670. The fraction of sp³-hybridized carbons (Fsp3) is 0.583. The number of carboxylic acids is 1. The summed E-state index contributed by atoms with van der Waals surface area (Å²) in [5.41, 5.74) is 0. The first-order valence-electron chi connectivity index (χ1n) is 6.58. The van der Waals surface area contributed by atoms with Crippen molar-refractivity contribution in [2.45, 2.75) is 38.3 Å². The first-order valence-corrected chi connectivity index (χ1v) is 9.22. The lowest BCUT2D eigenvalue weighted by Gasteiger charge is -2.32. The van der Waals surface area contributed by atoms with Gasteiger partial charge in [-0.05, 0) is 38.3 Å². The molecule has 2 atom stereocenters. The second-order valence-corrected chi connectivity index (χ2v) is 8.35. The smallest absolute Gasteiger partial charge is 0.322 e. The molecule has 2 unspecified atom stereocenters. The van der Waals surface area contributed by atoms with Gasteiger partial charge in [0.2, 0.25) is 0 Å². The van der Waals surface area contributed by atoms with Gasteiger partial charge in [-0.1, -0.05) is 11.6 Å². The summed E-state index contributed by atoms with van der Waals surface area (Å²) in [6.45, 7) is 1.93. The van der Waals surface area contributed by atoms with E-state index in [9.17, 15) is 18.3 Å². The van der Waals surface area contributed by atoms with Gasteiger partial charge in [0.1, 0.15) is 6.04 Å². The van der Waals surface area contributed by atoms with Gasteiger partial charge in [-0.15, -0.1) is 11.3 Å². The highest BCUT2D eigenvalue weighted by molar-refractivity contribution is 7.87. The van der Waals surface area contributed by atoms with Gasteiger partial charge in [0.05, 0.1) is 10.4 Å². The van der Waals surface area contributed by atoms with Gasteiger partial charge in [0, 0.05) is 11.4 Å². The largest absolute Gasteiger partial charge is 0.480 e. The van der Waals surface area contributed by atoms with Gasteiger partial charge >= 0.3 is 5.97 Å². The lowest BCUT2D eigenvalue weighted by Crippen LogP contribution is -2.52. The van der Waals surface area contributed by atoms with E-state index in [1.807, 2.05) is 0 Å². The average molecular weight is 353 g/mol. The number of carboxylic acid groups (broad SMARTS) is 1. The van der Waals surface area contributed by atoms with Crippen LogP contribution < -0.4 is 4.72 Å². The summed E-state index contributed by atoms with van der Waals surface area (Å²) in [4.78, 5) is 12.0. The molecule has 0 spiro atoms. The van der Waals surface area contributed by atoms with Gasteiger partial charge in [0.25, 0.3) is 10.2 Å². The molecule has 0 saturated carbocycles. The Kier molecular flexibility index (Phi) is 5.26. The first kappa shape index (κ1) is 16.7. The zero-order chi connectivity index (χ0) is 15.6. The van der Waals surface area contributed by atoms with Crippen LogP contribution in [0.2, 0.25) is 4.34 Å². The molecule has 0 amide bonds. The van der Waals surface area contributed by atoms with Crippen LogP contribution in [0.15, 0.2) is 12.1 Å². The fourth-order valence-electron chi connectivity index (χ4n) is 2.35. The molecule has 2 N–H and O–H groups in total.